The zero-order valence-corrected chi connectivity index (χ0v) is 6.64. The van der Waals surface area contributed by atoms with Gasteiger partial charge in [-0.3, -0.25) is 0 Å². The Kier molecular flexibility index (Phi) is 1.40. The Morgan fingerprint density at radius 3 is 2.83 bits per heavy atom. The van der Waals surface area contributed by atoms with E-state index >= 15 is 0 Å². The molecule has 0 aromatic heterocycles. The van der Waals surface area contributed by atoms with Gasteiger partial charge < -0.3 is 0 Å². The summed E-state index contributed by atoms with van der Waals surface area (Å²) < 4.78 is 5.63. The van der Waals surface area contributed by atoms with Crippen molar-refractivity contribution < 1.29 is 7.96 Å². The molecule has 0 saturated carbocycles. The first-order chi connectivity index (χ1) is 2.89. The van der Waals surface area contributed by atoms with Gasteiger partial charge in [-0.1, -0.05) is 0 Å². The molecule has 2 nitrogen and oxygen atoms in total. The van der Waals surface area contributed by atoms with Crippen molar-refractivity contribution in [3.63, 3.8) is 0 Å². The second-order valence-electron chi connectivity index (χ2n) is 1.23. The van der Waals surface area contributed by atoms with Crippen molar-refractivity contribution in [2.75, 3.05) is 6.61 Å². The number of aliphatic hydroxyl groups is 1. The summed E-state index contributed by atoms with van der Waals surface area (Å²) in [6.45, 7) is 0.785. The summed E-state index contributed by atoms with van der Waals surface area (Å²) in [6.07, 6.45) is 0.821. The summed E-state index contributed by atoms with van der Waals surface area (Å²) in [5, 5.41) is 8.61. The van der Waals surface area contributed by atoms with Gasteiger partial charge in [0.25, 0.3) is 0 Å². The third kappa shape index (κ3) is 0.899. The maximum absolute atomic E-state index is 8.61. The molecule has 0 aromatic carbocycles. The molecule has 6 heavy (non-hydrogen) atoms. The van der Waals surface area contributed by atoms with Crippen LogP contribution in [0.15, 0.2) is 0 Å². The number of aliphatic hydroxyl groups excluding tert-OH is 1. The first-order valence-corrected chi connectivity index (χ1v) is 4.88. The maximum atomic E-state index is 8.61. The molecule has 0 saturated heterocycles. The molecule has 1 aliphatic heterocycles. The van der Waals surface area contributed by atoms with Crippen LogP contribution in [0.4, 0.5) is 0 Å². The third-order valence-corrected chi connectivity index (χ3v) is 3.44. The predicted molar refractivity (Wildman–Crippen MR) is 23.3 cm³/mol. The zero-order valence-electron chi connectivity index (χ0n) is 3.35. The van der Waals surface area contributed by atoms with Crippen LogP contribution in [0, 0.1) is 0 Å². The van der Waals surface area contributed by atoms with Crippen LogP contribution in [-0.2, 0) is 2.85 Å². The normalized spacial score (nSPS) is 18.3. The number of hydrogen-bond donors (Lipinski definition) is 1. The first kappa shape index (κ1) is 4.50. The van der Waals surface area contributed by atoms with Gasteiger partial charge in [-0.05, 0) is 0 Å². The summed E-state index contributed by atoms with van der Waals surface area (Å²) in [5.41, 5.74) is 0. The van der Waals surface area contributed by atoms with Gasteiger partial charge in [-0.25, -0.2) is 0 Å². The molecule has 32 valence electrons. The molecule has 0 spiro atoms. The molecule has 0 amide bonds. The molecule has 1 rings (SSSR count). The van der Waals surface area contributed by atoms with Gasteiger partial charge in [-0.2, -0.15) is 0 Å². The fourth-order valence-corrected chi connectivity index (χ4v) is 2.27. The monoisotopic (exact) mass is 188 g/mol. The molecule has 0 radical (unpaired) electrons. The van der Waals surface area contributed by atoms with Crippen LogP contribution in [0.25, 0.3) is 0 Å². The fraction of sp³-hybridized carbons (Fsp3) is 0.667. The average Bonchev–Trinajstić information content (AvgIpc) is 1.86. The Bertz CT molecular complexity index is 78.9. The second-order valence-corrected chi connectivity index (χ2v) is 4.76. The molecular weight excluding hydrogens is 183 g/mol. The molecule has 0 fully saturated rings. The fourth-order valence-electron chi connectivity index (χ4n) is 0.378. The molecule has 0 bridgehead atoms. The van der Waals surface area contributed by atoms with Crippen molar-refractivity contribution in [3.8, 4) is 0 Å². The van der Waals surface area contributed by atoms with E-state index in [9.17, 15) is 0 Å². The van der Waals surface area contributed by atoms with E-state index in [0.717, 1.165) is 13.0 Å². The zero-order chi connectivity index (χ0) is 4.41. The van der Waals surface area contributed by atoms with Gasteiger partial charge in [0.1, 0.15) is 0 Å². The summed E-state index contributed by atoms with van der Waals surface area (Å²) in [7, 11) is 0. The van der Waals surface area contributed by atoms with Crippen LogP contribution in [0.2, 0.25) is 0 Å². The first-order valence-electron chi connectivity index (χ1n) is 1.89. The average molecular weight is 188 g/mol. The summed E-state index contributed by atoms with van der Waals surface area (Å²) in [5.74, 6) is 0. The van der Waals surface area contributed by atoms with E-state index in [-0.39, 0.29) is 0 Å². The van der Waals surface area contributed by atoms with Crippen molar-refractivity contribution in [2.24, 2.45) is 0 Å². The van der Waals surface area contributed by atoms with Crippen LogP contribution >= 0.6 is 0 Å². The van der Waals surface area contributed by atoms with Crippen molar-refractivity contribution in [1.29, 1.82) is 0 Å². The molecule has 0 unspecified atom stereocenters. The van der Waals surface area contributed by atoms with Gasteiger partial charge >= 0.3 is 47.3 Å². The van der Waals surface area contributed by atoms with Crippen molar-refractivity contribution >= 4 is 26.3 Å². The van der Waals surface area contributed by atoms with E-state index in [4.69, 9.17) is 7.96 Å². The third-order valence-electron chi connectivity index (χ3n) is 0.695. The van der Waals surface area contributed by atoms with E-state index in [2.05, 4.69) is 0 Å². The second kappa shape index (κ2) is 1.87. The number of rotatable bonds is 0. The van der Waals surface area contributed by atoms with Crippen molar-refractivity contribution in [3.05, 3.63) is 0 Å². The van der Waals surface area contributed by atoms with Gasteiger partial charge in [-0.15, -0.1) is 0 Å². The van der Waals surface area contributed by atoms with Crippen LogP contribution in [-0.4, -0.2) is 38.0 Å². The van der Waals surface area contributed by atoms with Crippen LogP contribution in [0.3, 0.4) is 0 Å². The molecule has 0 aromatic rings. The quantitative estimate of drug-likeness (QED) is 0.556. The molecule has 0 atom stereocenters. The molecule has 1 N–H and O–H groups in total. The minimum atomic E-state index is -0.935. The molecule has 1 aliphatic rings. The van der Waals surface area contributed by atoms with Crippen LogP contribution in [0.1, 0.15) is 6.42 Å². The molecule has 0 aliphatic carbocycles. The summed E-state index contributed by atoms with van der Waals surface area (Å²) in [6, 6.07) is 0. The Morgan fingerprint density at radius 2 is 2.67 bits per heavy atom. The topological polar surface area (TPSA) is 29.5 Å². The van der Waals surface area contributed by atoms with Crippen molar-refractivity contribution in [1.82, 2.24) is 0 Å². The summed E-state index contributed by atoms with van der Waals surface area (Å²) >= 11 is -0.935. The van der Waals surface area contributed by atoms with Crippen molar-refractivity contribution in [2.45, 2.75) is 6.42 Å². The van der Waals surface area contributed by atoms with E-state index in [1.165, 1.54) is 0 Å². The van der Waals surface area contributed by atoms with Crippen LogP contribution in [0.5, 0.6) is 0 Å². The minimum absolute atomic E-state index is 0.671. The van der Waals surface area contributed by atoms with E-state index in [1.807, 2.05) is 0 Å². The molecule has 1 heterocycles. The summed E-state index contributed by atoms with van der Waals surface area (Å²) in [4.78, 5) is 0. The Morgan fingerprint density at radius 1 is 1.83 bits per heavy atom. The Labute approximate surface area is 47.6 Å². The Hall–Kier alpha value is 0.340. The molecule has 3 heteroatoms. The van der Waals surface area contributed by atoms with Gasteiger partial charge in [0.05, 0.1) is 0 Å². The predicted octanol–water partition coefficient (Wildman–Crippen LogP) is -0.472. The van der Waals surface area contributed by atoms with Crippen LogP contribution < -0.4 is 0 Å². The van der Waals surface area contributed by atoms with Gasteiger partial charge in [0.15, 0.2) is 0 Å². The van der Waals surface area contributed by atoms with E-state index in [0.29, 0.717) is 3.44 Å². The van der Waals surface area contributed by atoms with Gasteiger partial charge in [0.2, 0.25) is 0 Å². The van der Waals surface area contributed by atoms with E-state index in [1.54, 1.807) is 0 Å². The Balaban J connectivity index is 2.45. The molecular formula is C3H5InO2. The standard InChI is InChI=1S/C3H5O2.In/c4-2-1-3-5;/h5H,1-2H2;/q-1;+1. The number of hydrogen-bond acceptors (Lipinski definition) is 2. The SMILES string of the molecule is O[C]1=[In][O]CC1. The van der Waals surface area contributed by atoms with Gasteiger partial charge in [0, 0.05) is 0 Å². The van der Waals surface area contributed by atoms with E-state index < -0.39 is 22.9 Å².